The molecule has 0 saturated carbocycles. The molecule has 4 rings (SSSR count). The summed E-state index contributed by atoms with van der Waals surface area (Å²) in [5.41, 5.74) is 0.599. The fraction of sp³-hybridized carbons (Fsp3) is 0.0909. The monoisotopic (exact) mass is 496 g/mol. The summed E-state index contributed by atoms with van der Waals surface area (Å²) in [4.78, 5) is 12.3. The molecule has 0 aliphatic carbocycles. The molecule has 12 heteroatoms. The van der Waals surface area contributed by atoms with Crippen molar-refractivity contribution in [1.82, 2.24) is 15.0 Å². The Morgan fingerprint density at radius 1 is 0.941 bits per heavy atom. The molecule has 0 radical (unpaired) electrons. The van der Waals surface area contributed by atoms with Gasteiger partial charge in [0.2, 0.25) is 5.88 Å². The highest BCUT2D eigenvalue weighted by Gasteiger charge is 2.17. The molecule has 10 nitrogen and oxygen atoms in total. The highest BCUT2D eigenvalue weighted by molar-refractivity contribution is 7.92. The van der Waals surface area contributed by atoms with Crippen molar-refractivity contribution in [2.45, 2.75) is 4.90 Å². The van der Waals surface area contributed by atoms with Gasteiger partial charge >= 0.3 is 6.01 Å². The zero-order valence-electron chi connectivity index (χ0n) is 18.1. The van der Waals surface area contributed by atoms with E-state index in [-0.39, 0.29) is 22.6 Å². The Hall–Kier alpha value is -4.03. The van der Waals surface area contributed by atoms with Crippen LogP contribution in [0, 0.1) is 0 Å². The average molecular weight is 497 g/mol. The largest absolute Gasteiger partial charge is 0.481 e. The van der Waals surface area contributed by atoms with Crippen LogP contribution in [0.1, 0.15) is 0 Å². The summed E-state index contributed by atoms with van der Waals surface area (Å²) in [7, 11) is -1.15. The van der Waals surface area contributed by atoms with Crippen LogP contribution in [0.4, 0.5) is 17.3 Å². The summed E-state index contributed by atoms with van der Waals surface area (Å²) >= 11 is 5.39. The first-order valence-corrected chi connectivity index (χ1v) is 11.8. The van der Waals surface area contributed by atoms with E-state index in [0.29, 0.717) is 16.6 Å². The van der Waals surface area contributed by atoms with Crippen molar-refractivity contribution in [3.05, 3.63) is 66.9 Å². The van der Waals surface area contributed by atoms with Gasteiger partial charge in [0.05, 0.1) is 19.1 Å². The molecule has 174 valence electrons. The molecule has 0 aliphatic heterocycles. The average Bonchev–Trinajstić information content (AvgIpc) is 2.84. The highest BCUT2D eigenvalue weighted by atomic mass is 32.2. The number of pyridine rings is 1. The van der Waals surface area contributed by atoms with Gasteiger partial charge in [0, 0.05) is 23.3 Å². The first kappa shape index (κ1) is 23.1. The predicted octanol–water partition coefficient (Wildman–Crippen LogP) is 3.65. The number of nitrogens with one attached hydrogen (secondary N) is 3. The zero-order valence-corrected chi connectivity index (χ0v) is 19.8. The van der Waals surface area contributed by atoms with Crippen LogP contribution >= 0.6 is 12.2 Å². The lowest BCUT2D eigenvalue weighted by Gasteiger charge is -2.13. The number of nitrogens with zero attached hydrogens (tertiary/aromatic N) is 3. The minimum absolute atomic E-state index is 0.0128. The van der Waals surface area contributed by atoms with E-state index in [1.807, 2.05) is 30.3 Å². The van der Waals surface area contributed by atoms with Crippen molar-refractivity contribution >= 4 is 55.4 Å². The highest BCUT2D eigenvalue weighted by Crippen LogP contribution is 2.23. The molecule has 34 heavy (non-hydrogen) atoms. The summed E-state index contributed by atoms with van der Waals surface area (Å²) < 4.78 is 38.0. The summed E-state index contributed by atoms with van der Waals surface area (Å²) in [6.07, 6.45) is 1.70. The van der Waals surface area contributed by atoms with E-state index in [1.54, 1.807) is 18.3 Å². The van der Waals surface area contributed by atoms with E-state index >= 15 is 0 Å². The van der Waals surface area contributed by atoms with Crippen LogP contribution in [0.5, 0.6) is 11.9 Å². The van der Waals surface area contributed by atoms with Crippen molar-refractivity contribution in [1.29, 1.82) is 0 Å². The molecule has 2 aromatic carbocycles. The Morgan fingerprint density at radius 3 is 2.44 bits per heavy atom. The number of benzene rings is 2. The first-order chi connectivity index (χ1) is 16.4. The third kappa shape index (κ3) is 5.30. The summed E-state index contributed by atoms with van der Waals surface area (Å²) in [5, 5.41) is 8.38. The second kappa shape index (κ2) is 9.85. The molecule has 2 aromatic heterocycles. The van der Waals surface area contributed by atoms with Crippen molar-refractivity contribution < 1.29 is 17.9 Å². The van der Waals surface area contributed by atoms with Crippen molar-refractivity contribution in [2.24, 2.45) is 0 Å². The van der Waals surface area contributed by atoms with Crippen LogP contribution in [-0.4, -0.2) is 42.7 Å². The van der Waals surface area contributed by atoms with E-state index in [0.717, 1.165) is 10.8 Å². The van der Waals surface area contributed by atoms with Gasteiger partial charge in [-0.2, -0.15) is 9.97 Å². The molecule has 0 unspecified atom stereocenters. The summed E-state index contributed by atoms with van der Waals surface area (Å²) in [5.74, 6) is 0.791. The van der Waals surface area contributed by atoms with Gasteiger partial charge in [-0.05, 0) is 47.9 Å². The predicted molar refractivity (Wildman–Crippen MR) is 134 cm³/mol. The molecule has 0 bridgehead atoms. The molecule has 3 N–H and O–H groups in total. The quantitative estimate of drug-likeness (QED) is 0.326. The molecule has 2 heterocycles. The fourth-order valence-corrected chi connectivity index (χ4v) is 4.26. The smallest absolute Gasteiger partial charge is 0.321 e. The third-order valence-electron chi connectivity index (χ3n) is 4.64. The molecular weight excluding hydrogens is 476 g/mol. The third-order valence-corrected chi connectivity index (χ3v) is 6.22. The van der Waals surface area contributed by atoms with Crippen LogP contribution in [0.2, 0.25) is 0 Å². The first-order valence-electron chi connectivity index (χ1n) is 9.89. The lowest BCUT2D eigenvalue weighted by atomic mass is 10.1. The second-order valence-electron chi connectivity index (χ2n) is 6.87. The van der Waals surface area contributed by atoms with Crippen LogP contribution in [0.3, 0.4) is 0 Å². The number of anilines is 3. The number of methoxy groups -OCH3 is 2. The van der Waals surface area contributed by atoms with Crippen molar-refractivity contribution in [2.75, 3.05) is 29.6 Å². The van der Waals surface area contributed by atoms with E-state index in [4.69, 9.17) is 21.7 Å². The van der Waals surface area contributed by atoms with Gasteiger partial charge in [-0.15, -0.1) is 0 Å². The zero-order chi connectivity index (χ0) is 24.1. The Labute approximate surface area is 201 Å². The van der Waals surface area contributed by atoms with E-state index in [1.165, 1.54) is 32.4 Å². The molecule has 0 saturated heterocycles. The standard InChI is InChI=1S/C22H20N6O4S2/c1-31-19-13-18(25-21(26-19)32-2)28-34(29,30)16-9-7-15(8-10-16)24-22(33)27-20-17-6-4-3-5-14(17)11-12-23-20/h3-13H,1-2H3,(H,25,26,28)(H2,23,24,27,33). The molecule has 0 aliphatic rings. The van der Waals surface area contributed by atoms with Crippen molar-refractivity contribution in [3.63, 3.8) is 0 Å². The summed E-state index contributed by atoms with van der Waals surface area (Å²) in [6, 6.07) is 17.1. The SMILES string of the molecule is COc1cc(NS(=O)(=O)c2ccc(NC(=S)Nc3nccc4ccccc34)cc2)nc(OC)n1. The molecule has 0 atom stereocenters. The van der Waals surface area contributed by atoms with E-state index in [2.05, 4.69) is 30.3 Å². The van der Waals surface area contributed by atoms with Crippen LogP contribution < -0.4 is 24.8 Å². The Morgan fingerprint density at radius 2 is 1.71 bits per heavy atom. The Kier molecular flexibility index (Phi) is 6.70. The molecule has 0 spiro atoms. The number of thiocarbonyl (C=S) groups is 1. The fourth-order valence-electron chi connectivity index (χ4n) is 3.06. The van der Waals surface area contributed by atoms with Gasteiger partial charge in [-0.3, -0.25) is 4.72 Å². The van der Waals surface area contributed by atoms with Crippen LogP contribution in [-0.2, 0) is 10.0 Å². The maximum absolute atomic E-state index is 12.8. The van der Waals surface area contributed by atoms with Gasteiger partial charge in [0.25, 0.3) is 10.0 Å². The van der Waals surface area contributed by atoms with Crippen LogP contribution in [0.15, 0.2) is 71.8 Å². The lowest BCUT2D eigenvalue weighted by molar-refractivity contribution is 0.353. The number of rotatable bonds is 7. The number of aromatic nitrogens is 3. The lowest BCUT2D eigenvalue weighted by Crippen LogP contribution is -2.20. The van der Waals surface area contributed by atoms with Crippen molar-refractivity contribution in [3.8, 4) is 11.9 Å². The van der Waals surface area contributed by atoms with Gasteiger partial charge < -0.3 is 20.1 Å². The van der Waals surface area contributed by atoms with Gasteiger partial charge in [-0.1, -0.05) is 24.3 Å². The minimum Gasteiger partial charge on any atom is -0.481 e. The van der Waals surface area contributed by atoms with Gasteiger partial charge in [0.15, 0.2) is 10.9 Å². The summed E-state index contributed by atoms with van der Waals surface area (Å²) in [6.45, 7) is 0. The van der Waals surface area contributed by atoms with Gasteiger partial charge in [0.1, 0.15) is 5.82 Å². The number of fused-ring (bicyclic) bond motifs is 1. The number of hydrogen-bond acceptors (Lipinski definition) is 8. The molecule has 0 fully saturated rings. The molecule has 4 aromatic rings. The van der Waals surface area contributed by atoms with E-state index < -0.39 is 10.0 Å². The van der Waals surface area contributed by atoms with E-state index in [9.17, 15) is 8.42 Å². The normalized spacial score (nSPS) is 11.0. The second-order valence-corrected chi connectivity index (χ2v) is 8.96. The van der Waals surface area contributed by atoms with Crippen LogP contribution in [0.25, 0.3) is 10.8 Å². The van der Waals surface area contributed by atoms with Gasteiger partial charge in [-0.25, -0.2) is 13.4 Å². The molecule has 0 amide bonds. The maximum Gasteiger partial charge on any atom is 0.321 e. The number of ether oxygens (including phenoxy) is 2. The Bertz CT molecular complexity index is 1420. The number of hydrogen-bond donors (Lipinski definition) is 3. The molecular formula is C22H20N6O4S2. The minimum atomic E-state index is -3.92. The topological polar surface area (TPSA) is 127 Å². The Balaban J connectivity index is 1.45. The maximum atomic E-state index is 12.8. The number of sulfonamides is 1.